The maximum atomic E-state index is 11.9. The van der Waals surface area contributed by atoms with Crippen LogP contribution >= 0.6 is 11.3 Å². The van der Waals surface area contributed by atoms with E-state index in [0.717, 1.165) is 23.2 Å². The summed E-state index contributed by atoms with van der Waals surface area (Å²) in [4.78, 5) is 27.6. The molecule has 7 nitrogen and oxygen atoms in total. The van der Waals surface area contributed by atoms with Crippen LogP contribution in [0.25, 0.3) is 0 Å². The van der Waals surface area contributed by atoms with Crippen molar-refractivity contribution < 1.29 is 9.72 Å². The van der Waals surface area contributed by atoms with Gasteiger partial charge in [0, 0.05) is 25.3 Å². The molecule has 1 aromatic carbocycles. The minimum Gasteiger partial charge on any atom is -0.378 e. The maximum absolute atomic E-state index is 11.9. The lowest BCUT2D eigenvalue weighted by molar-refractivity contribution is -0.380. The highest BCUT2D eigenvalue weighted by atomic mass is 32.1. The number of carbonyl (C=O) groups is 1. The number of benzene rings is 1. The number of anilines is 2. The van der Waals surface area contributed by atoms with Gasteiger partial charge in [-0.15, -0.1) is 0 Å². The average molecular weight is 292 g/mol. The number of nitrogens with zero attached hydrogens (tertiary/aromatic N) is 3. The monoisotopic (exact) mass is 292 g/mol. The van der Waals surface area contributed by atoms with E-state index in [1.807, 2.05) is 31.1 Å². The summed E-state index contributed by atoms with van der Waals surface area (Å²) in [5.41, 5.74) is 1.44. The molecule has 0 aliphatic heterocycles. The molecule has 20 heavy (non-hydrogen) atoms. The van der Waals surface area contributed by atoms with Gasteiger partial charge in [-0.1, -0.05) is 0 Å². The summed E-state index contributed by atoms with van der Waals surface area (Å²) in [6, 6.07) is 7.01. The minimum absolute atomic E-state index is 0.108. The smallest absolute Gasteiger partial charge is 0.345 e. The van der Waals surface area contributed by atoms with Crippen LogP contribution in [0.15, 0.2) is 30.5 Å². The first-order valence-corrected chi connectivity index (χ1v) is 6.48. The Bertz CT molecular complexity index is 636. The largest absolute Gasteiger partial charge is 0.378 e. The third-order valence-electron chi connectivity index (χ3n) is 2.54. The third kappa shape index (κ3) is 3.09. The molecule has 8 heteroatoms. The molecule has 0 aliphatic rings. The Morgan fingerprint density at radius 2 is 2.00 bits per heavy atom. The van der Waals surface area contributed by atoms with E-state index in [9.17, 15) is 14.9 Å². The van der Waals surface area contributed by atoms with Crippen LogP contribution in [0.5, 0.6) is 0 Å². The van der Waals surface area contributed by atoms with Crippen LogP contribution in [0, 0.1) is 10.1 Å². The van der Waals surface area contributed by atoms with E-state index in [4.69, 9.17) is 0 Å². The lowest BCUT2D eigenvalue weighted by Gasteiger charge is -2.12. The van der Waals surface area contributed by atoms with E-state index >= 15 is 0 Å². The summed E-state index contributed by atoms with van der Waals surface area (Å²) in [6.45, 7) is 0. The van der Waals surface area contributed by atoms with Gasteiger partial charge in [-0.3, -0.25) is 20.2 Å². The number of nitrogens with one attached hydrogen (secondary N) is 1. The summed E-state index contributed by atoms with van der Waals surface area (Å²) in [5.74, 6) is -0.348. The predicted molar refractivity (Wildman–Crippen MR) is 77.5 cm³/mol. The molecular formula is C12H12N4O3S. The Balaban J connectivity index is 2.09. The number of amides is 1. The van der Waals surface area contributed by atoms with Crippen LogP contribution in [-0.2, 0) is 0 Å². The zero-order chi connectivity index (χ0) is 14.7. The summed E-state index contributed by atoms with van der Waals surface area (Å²) in [6.07, 6.45) is 1.12. The first-order chi connectivity index (χ1) is 9.47. The molecule has 1 heterocycles. The van der Waals surface area contributed by atoms with E-state index in [0.29, 0.717) is 5.56 Å². The van der Waals surface area contributed by atoms with Crippen LogP contribution in [0.4, 0.5) is 15.8 Å². The number of thiazole rings is 1. The van der Waals surface area contributed by atoms with E-state index in [1.165, 1.54) is 0 Å². The molecular weight excluding hydrogens is 280 g/mol. The Morgan fingerprint density at radius 3 is 2.50 bits per heavy atom. The van der Waals surface area contributed by atoms with Crippen molar-refractivity contribution in [2.24, 2.45) is 0 Å². The number of nitro groups is 1. The number of hydrogen-bond donors (Lipinski definition) is 1. The van der Waals surface area contributed by atoms with Crippen molar-refractivity contribution >= 4 is 33.1 Å². The van der Waals surface area contributed by atoms with Gasteiger partial charge in [0.25, 0.3) is 5.91 Å². The van der Waals surface area contributed by atoms with E-state index in [2.05, 4.69) is 10.3 Å². The molecule has 1 aromatic heterocycles. The second-order valence-electron chi connectivity index (χ2n) is 4.16. The molecule has 0 aliphatic carbocycles. The first-order valence-electron chi connectivity index (χ1n) is 5.66. The fourth-order valence-electron chi connectivity index (χ4n) is 1.49. The van der Waals surface area contributed by atoms with Gasteiger partial charge < -0.3 is 4.90 Å². The van der Waals surface area contributed by atoms with Gasteiger partial charge in [0.2, 0.25) is 0 Å². The van der Waals surface area contributed by atoms with Crippen molar-refractivity contribution in [3.8, 4) is 0 Å². The van der Waals surface area contributed by atoms with E-state index in [1.54, 1.807) is 12.1 Å². The molecule has 0 unspecified atom stereocenters. The number of carbonyl (C=O) groups excluding carboxylic acids is 1. The molecule has 1 amide bonds. The zero-order valence-electron chi connectivity index (χ0n) is 10.9. The number of hydrogen-bond acceptors (Lipinski definition) is 6. The molecule has 1 N–H and O–H groups in total. The standard InChI is InChI=1S/C12H12N4O3S/c1-15(2)9-5-3-8(4-6-9)11(17)14-12-13-7-10(20-12)16(18)19/h3-7H,1-2H3,(H,13,14,17). The molecule has 0 bridgehead atoms. The van der Waals surface area contributed by atoms with Gasteiger partial charge in [-0.2, -0.15) is 0 Å². The Labute approximate surface area is 119 Å². The molecule has 0 fully saturated rings. The highest BCUT2D eigenvalue weighted by Crippen LogP contribution is 2.25. The van der Waals surface area contributed by atoms with Gasteiger partial charge in [0.05, 0.1) is 4.92 Å². The highest BCUT2D eigenvalue weighted by Gasteiger charge is 2.14. The molecule has 2 rings (SSSR count). The second kappa shape index (κ2) is 5.66. The topological polar surface area (TPSA) is 88.4 Å². The van der Waals surface area contributed by atoms with E-state index < -0.39 is 4.92 Å². The summed E-state index contributed by atoms with van der Waals surface area (Å²) >= 11 is 0.822. The fraction of sp³-hybridized carbons (Fsp3) is 0.167. The highest BCUT2D eigenvalue weighted by molar-refractivity contribution is 7.18. The molecule has 0 atom stereocenters. The summed E-state index contributed by atoms with van der Waals surface area (Å²) in [7, 11) is 3.81. The molecule has 0 saturated carbocycles. The van der Waals surface area contributed by atoms with Crippen molar-refractivity contribution in [2.45, 2.75) is 0 Å². The number of rotatable bonds is 4. The van der Waals surface area contributed by atoms with Crippen molar-refractivity contribution in [3.05, 3.63) is 46.1 Å². The zero-order valence-corrected chi connectivity index (χ0v) is 11.7. The van der Waals surface area contributed by atoms with Crippen molar-refractivity contribution in [2.75, 3.05) is 24.3 Å². The lowest BCUT2D eigenvalue weighted by atomic mass is 10.2. The summed E-state index contributed by atoms with van der Waals surface area (Å²) < 4.78 is 0. The molecule has 0 spiro atoms. The van der Waals surface area contributed by atoms with E-state index in [-0.39, 0.29) is 16.0 Å². The van der Waals surface area contributed by atoms with Gasteiger partial charge in [0.15, 0.2) is 5.13 Å². The average Bonchev–Trinajstić information content (AvgIpc) is 2.87. The van der Waals surface area contributed by atoms with Gasteiger partial charge in [0.1, 0.15) is 6.20 Å². The quantitative estimate of drug-likeness (QED) is 0.690. The van der Waals surface area contributed by atoms with Crippen LogP contribution in [0.3, 0.4) is 0 Å². The Kier molecular flexibility index (Phi) is 3.94. The molecule has 0 radical (unpaired) electrons. The van der Waals surface area contributed by atoms with Crippen LogP contribution in [0.2, 0.25) is 0 Å². The Morgan fingerprint density at radius 1 is 1.35 bits per heavy atom. The predicted octanol–water partition coefficient (Wildman–Crippen LogP) is 2.37. The second-order valence-corrected chi connectivity index (χ2v) is 5.17. The number of aromatic nitrogens is 1. The molecule has 2 aromatic rings. The Hall–Kier alpha value is -2.48. The van der Waals surface area contributed by atoms with Crippen molar-refractivity contribution in [1.82, 2.24) is 4.98 Å². The van der Waals surface area contributed by atoms with Gasteiger partial charge in [-0.05, 0) is 35.6 Å². The lowest BCUT2D eigenvalue weighted by Crippen LogP contribution is -2.12. The van der Waals surface area contributed by atoms with Crippen molar-refractivity contribution in [3.63, 3.8) is 0 Å². The van der Waals surface area contributed by atoms with Gasteiger partial charge in [-0.25, -0.2) is 4.98 Å². The molecule has 0 saturated heterocycles. The first kappa shape index (κ1) is 13.9. The van der Waals surface area contributed by atoms with Gasteiger partial charge >= 0.3 is 5.00 Å². The maximum Gasteiger partial charge on any atom is 0.345 e. The minimum atomic E-state index is -0.542. The third-order valence-corrected chi connectivity index (χ3v) is 3.40. The summed E-state index contributed by atoms with van der Waals surface area (Å²) in [5, 5.41) is 13.2. The van der Waals surface area contributed by atoms with Crippen LogP contribution in [-0.4, -0.2) is 29.9 Å². The SMILES string of the molecule is CN(C)c1ccc(C(=O)Nc2ncc([N+](=O)[O-])s2)cc1. The van der Waals surface area contributed by atoms with Crippen LogP contribution in [0.1, 0.15) is 10.4 Å². The fourth-order valence-corrected chi connectivity index (χ4v) is 2.12. The van der Waals surface area contributed by atoms with Crippen molar-refractivity contribution in [1.29, 1.82) is 0 Å². The van der Waals surface area contributed by atoms with Crippen LogP contribution < -0.4 is 10.2 Å². The molecule has 104 valence electrons. The normalized spacial score (nSPS) is 10.1.